The quantitative estimate of drug-likeness (QED) is 0.728. The van der Waals surface area contributed by atoms with E-state index < -0.39 is 41.4 Å². The van der Waals surface area contributed by atoms with Gasteiger partial charge < -0.3 is 4.74 Å². The summed E-state index contributed by atoms with van der Waals surface area (Å²) in [5.41, 5.74) is 0. The zero-order chi connectivity index (χ0) is 14.2. The standard InChI is InChI=1S/C7H8F7NO2S/c8-5(6(9,10)11,7(12,13)14)18(16)15-1-3-17-4-2-15/h1-4H2. The van der Waals surface area contributed by atoms with Crippen molar-refractivity contribution >= 4 is 11.0 Å². The van der Waals surface area contributed by atoms with E-state index in [-0.39, 0.29) is 17.5 Å². The largest absolute Gasteiger partial charge is 0.445 e. The molecule has 0 spiro atoms. The van der Waals surface area contributed by atoms with Gasteiger partial charge in [-0.05, 0) is 0 Å². The molecule has 1 saturated heterocycles. The maximum absolute atomic E-state index is 13.4. The van der Waals surface area contributed by atoms with Crippen LogP contribution in [0.15, 0.2) is 0 Å². The van der Waals surface area contributed by atoms with Gasteiger partial charge in [-0.1, -0.05) is 0 Å². The van der Waals surface area contributed by atoms with E-state index in [0.717, 1.165) is 0 Å². The molecule has 1 unspecified atom stereocenters. The van der Waals surface area contributed by atoms with Gasteiger partial charge in [0.1, 0.15) is 0 Å². The van der Waals surface area contributed by atoms with Gasteiger partial charge in [0.25, 0.3) is 0 Å². The smallest absolute Gasteiger partial charge is 0.379 e. The van der Waals surface area contributed by atoms with E-state index in [4.69, 9.17) is 0 Å². The van der Waals surface area contributed by atoms with Crippen LogP contribution in [0.5, 0.6) is 0 Å². The monoisotopic (exact) mass is 303 g/mol. The second-order valence-corrected chi connectivity index (χ2v) is 4.96. The van der Waals surface area contributed by atoms with Crippen LogP contribution in [0.4, 0.5) is 30.7 Å². The molecule has 1 atom stereocenters. The molecule has 1 rings (SSSR count). The van der Waals surface area contributed by atoms with Crippen molar-refractivity contribution in [1.82, 2.24) is 4.31 Å². The van der Waals surface area contributed by atoms with Crippen molar-refractivity contribution < 1.29 is 39.7 Å². The van der Waals surface area contributed by atoms with Crippen LogP contribution < -0.4 is 0 Å². The Kier molecular flexibility index (Phi) is 4.28. The Labute approximate surface area is 99.5 Å². The first kappa shape index (κ1) is 15.6. The van der Waals surface area contributed by atoms with Gasteiger partial charge in [0, 0.05) is 13.1 Å². The fourth-order valence-corrected chi connectivity index (χ4v) is 2.48. The summed E-state index contributed by atoms with van der Waals surface area (Å²) in [6, 6.07) is 0. The van der Waals surface area contributed by atoms with Crippen LogP contribution in [-0.2, 0) is 15.7 Å². The first-order chi connectivity index (χ1) is 8.02. The van der Waals surface area contributed by atoms with Crippen molar-refractivity contribution in [3.05, 3.63) is 0 Å². The van der Waals surface area contributed by atoms with Crippen molar-refractivity contribution in [3.63, 3.8) is 0 Å². The lowest BCUT2D eigenvalue weighted by Crippen LogP contribution is -2.61. The molecule has 1 fully saturated rings. The summed E-state index contributed by atoms with van der Waals surface area (Å²) < 4.78 is 103. The molecule has 0 saturated carbocycles. The van der Waals surface area contributed by atoms with Gasteiger partial charge in [-0.15, -0.1) is 0 Å². The zero-order valence-corrected chi connectivity index (χ0v) is 9.46. The topological polar surface area (TPSA) is 29.5 Å². The molecule has 0 aromatic heterocycles. The molecular weight excluding hydrogens is 295 g/mol. The van der Waals surface area contributed by atoms with Crippen LogP contribution >= 0.6 is 0 Å². The number of hydrogen-bond donors (Lipinski definition) is 0. The van der Waals surface area contributed by atoms with E-state index in [9.17, 15) is 34.9 Å². The minimum Gasteiger partial charge on any atom is -0.379 e. The molecule has 108 valence electrons. The summed E-state index contributed by atoms with van der Waals surface area (Å²) in [5, 5.41) is -5.77. The van der Waals surface area contributed by atoms with Crippen molar-refractivity contribution in [2.24, 2.45) is 0 Å². The lowest BCUT2D eigenvalue weighted by atomic mass is 10.3. The fourth-order valence-electron chi connectivity index (χ4n) is 1.25. The Morgan fingerprint density at radius 1 is 0.889 bits per heavy atom. The number of halogens is 7. The summed E-state index contributed by atoms with van der Waals surface area (Å²) in [6.45, 7) is -1.36. The summed E-state index contributed by atoms with van der Waals surface area (Å²) in [7, 11) is -3.91. The minimum atomic E-state index is -6.31. The number of rotatable bonds is 2. The Bertz CT molecular complexity index is 309. The molecule has 3 nitrogen and oxygen atoms in total. The van der Waals surface area contributed by atoms with Crippen LogP contribution in [0, 0.1) is 0 Å². The molecule has 1 heterocycles. The average Bonchev–Trinajstić information content (AvgIpc) is 2.25. The average molecular weight is 303 g/mol. The van der Waals surface area contributed by atoms with Gasteiger partial charge in [-0.25, -0.2) is 12.9 Å². The third kappa shape index (κ3) is 2.62. The first-order valence-electron chi connectivity index (χ1n) is 4.59. The Balaban J connectivity index is 3.08. The van der Waals surface area contributed by atoms with E-state index in [1.54, 1.807) is 0 Å². The molecular formula is C7H8F7NO2S. The minimum absolute atomic E-state index is 0.211. The van der Waals surface area contributed by atoms with Gasteiger partial charge in [0.2, 0.25) is 0 Å². The maximum Gasteiger partial charge on any atom is 0.445 e. The summed E-state index contributed by atoms with van der Waals surface area (Å²) in [4.78, 5) is 0. The zero-order valence-electron chi connectivity index (χ0n) is 8.65. The highest BCUT2D eigenvalue weighted by Crippen LogP contribution is 2.49. The molecule has 18 heavy (non-hydrogen) atoms. The highest BCUT2D eigenvalue weighted by Gasteiger charge is 2.77. The van der Waals surface area contributed by atoms with Crippen LogP contribution in [-0.4, -0.2) is 52.2 Å². The molecule has 0 aliphatic carbocycles. The molecule has 0 amide bonds. The first-order valence-corrected chi connectivity index (χ1v) is 5.69. The lowest BCUT2D eigenvalue weighted by Gasteiger charge is -2.34. The van der Waals surface area contributed by atoms with Gasteiger partial charge in [-0.3, -0.25) is 0 Å². The van der Waals surface area contributed by atoms with Gasteiger partial charge in [0.15, 0.2) is 11.0 Å². The van der Waals surface area contributed by atoms with Crippen LogP contribution in [0.3, 0.4) is 0 Å². The van der Waals surface area contributed by atoms with Crippen LogP contribution in [0.2, 0.25) is 0 Å². The van der Waals surface area contributed by atoms with Gasteiger partial charge >= 0.3 is 17.4 Å². The molecule has 0 radical (unpaired) electrons. The summed E-state index contributed by atoms with van der Waals surface area (Å²) >= 11 is 0. The molecule has 0 aromatic carbocycles. The summed E-state index contributed by atoms with van der Waals surface area (Å²) in [6.07, 6.45) is -12.6. The van der Waals surface area contributed by atoms with Crippen molar-refractivity contribution in [2.75, 3.05) is 26.3 Å². The molecule has 11 heteroatoms. The molecule has 0 N–H and O–H groups in total. The van der Waals surface area contributed by atoms with E-state index in [0.29, 0.717) is 0 Å². The predicted octanol–water partition coefficient (Wildman–Crippen LogP) is 1.77. The lowest BCUT2D eigenvalue weighted by molar-refractivity contribution is -0.305. The molecule has 0 bridgehead atoms. The maximum atomic E-state index is 13.4. The Morgan fingerprint density at radius 3 is 1.61 bits per heavy atom. The molecule has 1 aliphatic heterocycles. The van der Waals surface area contributed by atoms with E-state index >= 15 is 0 Å². The second-order valence-electron chi connectivity index (χ2n) is 3.38. The molecule has 0 aromatic rings. The highest BCUT2D eigenvalue weighted by molar-refractivity contribution is 7.84. The second kappa shape index (κ2) is 4.93. The number of alkyl halides is 7. The number of morpholine rings is 1. The van der Waals surface area contributed by atoms with Crippen molar-refractivity contribution in [3.8, 4) is 0 Å². The normalized spacial score (nSPS) is 21.9. The van der Waals surface area contributed by atoms with E-state index in [1.807, 2.05) is 0 Å². The van der Waals surface area contributed by atoms with Gasteiger partial charge in [0.05, 0.1) is 13.2 Å². The van der Waals surface area contributed by atoms with Crippen molar-refractivity contribution in [1.29, 1.82) is 0 Å². The van der Waals surface area contributed by atoms with Crippen LogP contribution in [0.25, 0.3) is 0 Å². The summed E-state index contributed by atoms with van der Waals surface area (Å²) in [5.74, 6) is 0. The Hall–Kier alpha value is -0.420. The van der Waals surface area contributed by atoms with Gasteiger partial charge in [-0.2, -0.15) is 26.3 Å². The SMILES string of the molecule is O=S(N1CCOCC1)C(F)(C(F)(F)F)C(F)(F)F. The van der Waals surface area contributed by atoms with Crippen LogP contribution in [0.1, 0.15) is 0 Å². The Morgan fingerprint density at radius 2 is 1.28 bits per heavy atom. The van der Waals surface area contributed by atoms with E-state index in [1.165, 1.54) is 0 Å². The third-order valence-electron chi connectivity index (χ3n) is 2.17. The van der Waals surface area contributed by atoms with Crippen molar-refractivity contribution in [2.45, 2.75) is 17.4 Å². The fraction of sp³-hybridized carbons (Fsp3) is 1.00. The van der Waals surface area contributed by atoms with E-state index in [2.05, 4.69) is 4.74 Å². The molecule has 1 aliphatic rings. The number of hydrogen-bond acceptors (Lipinski definition) is 2. The highest BCUT2D eigenvalue weighted by atomic mass is 32.2. The number of nitrogens with zero attached hydrogens (tertiary/aromatic N) is 1. The predicted molar refractivity (Wildman–Crippen MR) is 46.5 cm³/mol. The third-order valence-corrected chi connectivity index (χ3v) is 3.95. The number of ether oxygens (including phenoxy) is 1.